The van der Waals surface area contributed by atoms with Crippen molar-refractivity contribution >= 4 is 22.5 Å². The molecule has 1 N–H and O–H groups in total. The van der Waals surface area contributed by atoms with Crippen molar-refractivity contribution in [2.24, 2.45) is 7.05 Å². The van der Waals surface area contributed by atoms with Crippen LogP contribution in [0.4, 0.5) is 13.2 Å². The molecule has 5 nitrogen and oxygen atoms in total. The molecule has 0 spiro atoms. The largest absolute Gasteiger partial charge is 0.417 e. The lowest BCUT2D eigenvalue weighted by atomic mass is 9.90. The van der Waals surface area contributed by atoms with Crippen LogP contribution >= 0.6 is 11.6 Å². The summed E-state index contributed by atoms with van der Waals surface area (Å²) in [6.45, 7) is 3.71. The van der Waals surface area contributed by atoms with E-state index >= 15 is 0 Å². The predicted octanol–water partition coefficient (Wildman–Crippen LogP) is 3.68. The number of aryl methyl sites for hydroxylation is 2. The minimum atomic E-state index is -4.59. The normalized spacial score (nSPS) is 14.5. The van der Waals surface area contributed by atoms with Gasteiger partial charge >= 0.3 is 6.18 Å². The van der Waals surface area contributed by atoms with Crippen LogP contribution in [0, 0.1) is 0 Å². The number of aromatic nitrogens is 3. The molecular weight excluding hydrogens is 383 g/mol. The third-order valence-electron chi connectivity index (χ3n) is 4.61. The van der Waals surface area contributed by atoms with Crippen molar-refractivity contribution in [3.05, 3.63) is 62.7 Å². The number of rotatable bonds is 3. The van der Waals surface area contributed by atoms with Crippen LogP contribution in [-0.4, -0.2) is 19.5 Å². The fourth-order valence-corrected chi connectivity index (χ4v) is 3.52. The zero-order valence-corrected chi connectivity index (χ0v) is 15.6. The molecule has 0 aliphatic heterocycles. The summed E-state index contributed by atoms with van der Waals surface area (Å²) in [6, 6.07) is 4.73. The van der Waals surface area contributed by atoms with Gasteiger partial charge in [-0.05, 0) is 37.6 Å². The highest BCUT2D eigenvalue weighted by Gasteiger charge is 2.36. The summed E-state index contributed by atoms with van der Waals surface area (Å²) < 4.78 is 41.7. The van der Waals surface area contributed by atoms with Crippen LogP contribution < -0.4 is 5.56 Å². The van der Waals surface area contributed by atoms with E-state index in [4.69, 9.17) is 11.6 Å². The molecule has 0 fully saturated rings. The molecule has 0 saturated carbocycles. The van der Waals surface area contributed by atoms with Crippen LogP contribution in [0.25, 0.3) is 10.9 Å². The first-order valence-corrected chi connectivity index (χ1v) is 8.52. The summed E-state index contributed by atoms with van der Waals surface area (Å²) in [5.41, 5.74) is -2.39. The van der Waals surface area contributed by atoms with E-state index in [1.54, 1.807) is 19.3 Å². The first-order valence-electron chi connectivity index (χ1n) is 8.14. The van der Waals surface area contributed by atoms with Crippen molar-refractivity contribution in [3.63, 3.8) is 0 Å². The fraction of sp³-hybridized carbons (Fsp3) is 0.333. The molecule has 3 rings (SSSR count). The van der Waals surface area contributed by atoms with E-state index in [0.29, 0.717) is 11.9 Å². The number of benzene rings is 1. The average molecular weight is 400 g/mol. The van der Waals surface area contributed by atoms with E-state index in [1.165, 1.54) is 22.2 Å². The van der Waals surface area contributed by atoms with Crippen LogP contribution in [-0.2, 0) is 25.4 Å². The predicted molar refractivity (Wildman–Crippen MR) is 95.8 cm³/mol. The molecule has 3 aromatic rings. The number of nitrogens with zero attached hydrogens (tertiary/aromatic N) is 3. The summed E-state index contributed by atoms with van der Waals surface area (Å²) in [7, 11) is 1.56. The van der Waals surface area contributed by atoms with Crippen molar-refractivity contribution in [2.75, 3.05) is 0 Å². The van der Waals surface area contributed by atoms with Crippen LogP contribution in [0.3, 0.4) is 0 Å². The first-order chi connectivity index (χ1) is 12.5. The molecule has 2 aromatic heterocycles. The Bertz CT molecular complexity index is 1080. The monoisotopic (exact) mass is 399 g/mol. The second-order valence-corrected chi connectivity index (χ2v) is 6.81. The number of aliphatic hydroxyl groups is 1. The fourth-order valence-electron chi connectivity index (χ4n) is 3.24. The zero-order valence-electron chi connectivity index (χ0n) is 14.8. The van der Waals surface area contributed by atoms with E-state index in [2.05, 4.69) is 5.10 Å². The number of hydrogen-bond acceptors (Lipinski definition) is 3. The van der Waals surface area contributed by atoms with Crippen molar-refractivity contribution < 1.29 is 18.3 Å². The molecule has 0 aliphatic rings. The molecule has 1 unspecified atom stereocenters. The lowest BCUT2D eigenvalue weighted by Gasteiger charge is -2.25. The summed E-state index contributed by atoms with van der Waals surface area (Å²) >= 11 is 5.80. The van der Waals surface area contributed by atoms with Gasteiger partial charge in [-0.2, -0.15) is 18.3 Å². The van der Waals surface area contributed by atoms with Gasteiger partial charge in [0, 0.05) is 25.2 Å². The Labute approximate surface area is 157 Å². The summed E-state index contributed by atoms with van der Waals surface area (Å²) in [4.78, 5) is 12.5. The summed E-state index contributed by atoms with van der Waals surface area (Å²) in [6.07, 6.45) is -3.00. The molecule has 27 heavy (non-hydrogen) atoms. The van der Waals surface area contributed by atoms with Gasteiger partial charge in [-0.1, -0.05) is 17.7 Å². The van der Waals surface area contributed by atoms with Crippen LogP contribution in [0.5, 0.6) is 0 Å². The number of halogens is 4. The zero-order chi connectivity index (χ0) is 20.1. The number of alkyl halides is 3. The topological polar surface area (TPSA) is 60.1 Å². The van der Waals surface area contributed by atoms with E-state index in [0.717, 1.165) is 12.1 Å². The maximum absolute atomic E-state index is 12.9. The minimum absolute atomic E-state index is 0.157. The third kappa shape index (κ3) is 3.12. The second-order valence-electron chi connectivity index (χ2n) is 6.41. The maximum atomic E-state index is 12.9. The Morgan fingerprint density at radius 2 is 1.93 bits per heavy atom. The summed E-state index contributed by atoms with van der Waals surface area (Å²) in [5.74, 6) is 0. The third-order valence-corrected chi connectivity index (χ3v) is 4.92. The van der Waals surface area contributed by atoms with Crippen molar-refractivity contribution in [2.45, 2.75) is 32.2 Å². The van der Waals surface area contributed by atoms with Gasteiger partial charge in [0.1, 0.15) is 5.60 Å². The maximum Gasteiger partial charge on any atom is 0.417 e. The number of hydrogen-bond donors (Lipinski definition) is 1. The second kappa shape index (κ2) is 6.38. The van der Waals surface area contributed by atoms with Crippen LogP contribution in [0.2, 0.25) is 5.02 Å². The van der Waals surface area contributed by atoms with E-state index in [-0.39, 0.29) is 22.3 Å². The van der Waals surface area contributed by atoms with Gasteiger partial charge in [0.25, 0.3) is 5.56 Å². The Balaban J connectivity index is 2.21. The van der Waals surface area contributed by atoms with Gasteiger partial charge in [0.2, 0.25) is 0 Å². The van der Waals surface area contributed by atoms with Gasteiger partial charge < -0.3 is 9.67 Å². The highest BCUT2D eigenvalue weighted by Crippen LogP contribution is 2.39. The lowest BCUT2D eigenvalue weighted by molar-refractivity contribution is -0.137. The van der Waals surface area contributed by atoms with E-state index < -0.39 is 22.4 Å². The number of fused-ring (bicyclic) bond motifs is 1. The van der Waals surface area contributed by atoms with Gasteiger partial charge in [0.05, 0.1) is 16.3 Å². The van der Waals surface area contributed by atoms with Gasteiger partial charge in [-0.15, -0.1) is 0 Å². The average Bonchev–Trinajstić information content (AvgIpc) is 2.91. The Morgan fingerprint density at radius 3 is 2.48 bits per heavy atom. The van der Waals surface area contributed by atoms with Crippen molar-refractivity contribution in [1.29, 1.82) is 0 Å². The molecule has 2 heterocycles. The molecule has 0 radical (unpaired) electrons. The highest BCUT2D eigenvalue weighted by atomic mass is 35.5. The highest BCUT2D eigenvalue weighted by molar-refractivity contribution is 6.31. The smallest absolute Gasteiger partial charge is 0.379 e. The molecule has 0 saturated heterocycles. The van der Waals surface area contributed by atoms with Gasteiger partial charge in [0.15, 0.2) is 5.52 Å². The molecule has 0 amide bonds. The van der Waals surface area contributed by atoms with Crippen LogP contribution in [0.1, 0.15) is 30.7 Å². The number of pyridine rings is 1. The van der Waals surface area contributed by atoms with Gasteiger partial charge in [-0.3, -0.25) is 9.48 Å². The SMILES string of the molecule is CCn1ccc2c(C(C)(O)c3ccc(C(F)(F)F)c(Cl)c3)n(C)nc2c1=O. The summed E-state index contributed by atoms with van der Waals surface area (Å²) in [5, 5.41) is 15.3. The molecule has 0 aliphatic carbocycles. The lowest BCUT2D eigenvalue weighted by Crippen LogP contribution is -2.27. The van der Waals surface area contributed by atoms with Gasteiger partial charge in [-0.25, -0.2) is 0 Å². The minimum Gasteiger partial charge on any atom is -0.379 e. The molecule has 144 valence electrons. The first kappa shape index (κ1) is 19.4. The Morgan fingerprint density at radius 1 is 1.26 bits per heavy atom. The van der Waals surface area contributed by atoms with E-state index in [1.807, 2.05) is 6.92 Å². The molecule has 1 atom stereocenters. The molecule has 1 aromatic carbocycles. The standard InChI is InChI=1S/C18H17ClF3N3O2/c1-4-25-8-7-11-14(16(25)26)23-24(3)15(11)17(2,27)10-5-6-12(13(19)9-10)18(20,21)22/h5-9,27H,4H2,1-3H3. The van der Waals surface area contributed by atoms with Crippen molar-refractivity contribution in [3.8, 4) is 0 Å². The Hall–Kier alpha value is -2.32. The van der Waals surface area contributed by atoms with Crippen molar-refractivity contribution in [1.82, 2.24) is 14.3 Å². The molecule has 9 heteroatoms. The molecule has 0 bridgehead atoms. The van der Waals surface area contributed by atoms with E-state index in [9.17, 15) is 23.1 Å². The molecular formula is C18H17ClF3N3O2. The Kier molecular flexibility index (Phi) is 4.60. The quantitative estimate of drug-likeness (QED) is 0.730. The van der Waals surface area contributed by atoms with Crippen LogP contribution in [0.15, 0.2) is 35.3 Å².